The lowest BCUT2D eigenvalue weighted by molar-refractivity contribution is 0.628. The van der Waals surface area contributed by atoms with E-state index in [-0.39, 0.29) is 11.6 Å². The van der Waals surface area contributed by atoms with Crippen molar-refractivity contribution in [2.45, 2.75) is 0 Å². The van der Waals surface area contributed by atoms with Gasteiger partial charge in [0, 0.05) is 17.3 Å². The van der Waals surface area contributed by atoms with Crippen molar-refractivity contribution in [3.8, 4) is 22.5 Å². The standard InChI is InChI=1S/C16H10FN9/c17-11-4-1-9(2-5-11)13-14(26-16(15(18)21-13)22-23-24-26)10-3-6-12-19-8-20-25(12)7-10/h1-8H,(H2,18,21). The Hall–Kier alpha value is -3.95. The van der Waals surface area contributed by atoms with Crippen LogP contribution < -0.4 is 5.73 Å². The molecule has 0 aliphatic carbocycles. The molecule has 0 saturated carbocycles. The number of halogens is 1. The lowest BCUT2D eigenvalue weighted by Crippen LogP contribution is -2.05. The topological polar surface area (TPSA) is 112 Å². The molecule has 0 saturated heterocycles. The highest BCUT2D eigenvalue weighted by atomic mass is 19.1. The number of anilines is 1. The number of pyridine rings is 1. The Morgan fingerprint density at radius 1 is 1.00 bits per heavy atom. The Kier molecular flexibility index (Phi) is 2.92. The summed E-state index contributed by atoms with van der Waals surface area (Å²) in [6, 6.07) is 9.67. The zero-order valence-electron chi connectivity index (χ0n) is 13.2. The summed E-state index contributed by atoms with van der Waals surface area (Å²) in [7, 11) is 0. The average molecular weight is 347 g/mol. The van der Waals surface area contributed by atoms with Gasteiger partial charge in [-0.25, -0.2) is 18.9 Å². The summed E-state index contributed by atoms with van der Waals surface area (Å²) in [4.78, 5) is 8.60. The Labute approximate surface area is 144 Å². The Morgan fingerprint density at radius 3 is 2.65 bits per heavy atom. The second-order valence-corrected chi connectivity index (χ2v) is 5.60. The minimum Gasteiger partial charge on any atom is -0.380 e. The second-order valence-electron chi connectivity index (χ2n) is 5.60. The van der Waals surface area contributed by atoms with E-state index in [0.29, 0.717) is 28.2 Å². The van der Waals surface area contributed by atoms with E-state index in [2.05, 4.69) is 30.6 Å². The lowest BCUT2D eigenvalue weighted by atomic mass is 10.1. The predicted molar refractivity (Wildman–Crippen MR) is 90.4 cm³/mol. The highest BCUT2D eigenvalue weighted by Gasteiger charge is 2.19. The molecule has 0 bridgehead atoms. The summed E-state index contributed by atoms with van der Waals surface area (Å²) in [5, 5.41) is 15.8. The smallest absolute Gasteiger partial charge is 0.222 e. The molecule has 1 aromatic carbocycles. The van der Waals surface area contributed by atoms with E-state index in [1.54, 1.807) is 22.8 Å². The van der Waals surface area contributed by atoms with Gasteiger partial charge >= 0.3 is 0 Å². The van der Waals surface area contributed by atoms with Crippen molar-refractivity contribution in [1.29, 1.82) is 0 Å². The normalized spacial score (nSPS) is 11.4. The molecule has 0 aliphatic heterocycles. The van der Waals surface area contributed by atoms with Gasteiger partial charge in [-0.1, -0.05) is 0 Å². The first-order valence-corrected chi connectivity index (χ1v) is 7.64. The van der Waals surface area contributed by atoms with Gasteiger partial charge in [0.25, 0.3) is 0 Å². The Bertz CT molecular complexity index is 1260. The van der Waals surface area contributed by atoms with E-state index in [0.717, 1.165) is 5.56 Å². The van der Waals surface area contributed by atoms with Crippen molar-refractivity contribution in [2.75, 3.05) is 5.73 Å². The summed E-state index contributed by atoms with van der Waals surface area (Å²) in [6.45, 7) is 0. The molecule has 0 fully saturated rings. The average Bonchev–Trinajstić information content (AvgIpc) is 3.31. The molecule has 126 valence electrons. The van der Waals surface area contributed by atoms with Crippen LogP contribution in [-0.4, -0.2) is 39.6 Å². The summed E-state index contributed by atoms with van der Waals surface area (Å²) >= 11 is 0. The molecule has 4 heterocycles. The van der Waals surface area contributed by atoms with Gasteiger partial charge in [-0.15, -0.1) is 5.10 Å². The number of fused-ring (bicyclic) bond motifs is 2. The number of nitrogens with two attached hydrogens (primary N) is 1. The van der Waals surface area contributed by atoms with Crippen LogP contribution in [0.4, 0.5) is 10.2 Å². The van der Waals surface area contributed by atoms with Gasteiger partial charge in [-0.3, -0.25) is 0 Å². The number of benzene rings is 1. The molecule has 0 aliphatic rings. The first-order chi connectivity index (χ1) is 12.7. The number of aromatic nitrogens is 8. The molecule has 10 heteroatoms. The second kappa shape index (κ2) is 5.28. The van der Waals surface area contributed by atoms with Crippen molar-refractivity contribution < 1.29 is 4.39 Å². The fourth-order valence-corrected chi connectivity index (χ4v) is 2.85. The molecule has 0 atom stereocenters. The number of hydrogen-bond donors (Lipinski definition) is 1. The van der Waals surface area contributed by atoms with Crippen LogP contribution in [0, 0.1) is 5.82 Å². The van der Waals surface area contributed by atoms with Crippen molar-refractivity contribution >= 4 is 17.1 Å². The van der Waals surface area contributed by atoms with Crippen molar-refractivity contribution in [2.24, 2.45) is 0 Å². The number of rotatable bonds is 2. The summed E-state index contributed by atoms with van der Waals surface area (Å²) < 4.78 is 16.5. The van der Waals surface area contributed by atoms with E-state index in [9.17, 15) is 4.39 Å². The SMILES string of the molecule is Nc1nc(-c2ccc(F)cc2)c(-c2ccc3ncnn3c2)n2nnnc12. The molecule has 4 aromatic heterocycles. The van der Waals surface area contributed by atoms with Crippen LogP contribution >= 0.6 is 0 Å². The molecule has 0 unspecified atom stereocenters. The largest absolute Gasteiger partial charge is 0.380 e. The van der Waals surface area contributed by atoms with E-state index < -0.39 is 0 Å². The van der Waals surface area contributed by atoms with Crippen molar-refractivity contribution in [1.82, 2.24) is 39.6 Å². The minimum atomic E-state index is -0.337. The van der Waals surface area contributed by atoms with Crippen LogP contribution in [0.3, 0.4) is 0 Å². The van der Waals surface area contributed by atoms with Crippen molar-refractivity contribution in [3.05, 3.63) is 54.7 Å². The van der Waals surface area contributed by atoms with Crippen LogP contribution in [0.1, 0.15) is 0 Å². The van der Waals surface area contributed by atoms with E-state index in [4.69, 9.17) is 5.73 Å². The summed E-state index contributed by atoms with van der Waals surface area (Å²) in [6.07, 6.45) is 3.26. The first-order valence-electron chi connectivity index (χ1n) is 7.64. The molecular formula is C16H10FN9. The fraction of sp³-hybridized carbons (Fsp3) is 0. The zero-order valence-corrected chi connectivity index (χ0v) is 13.2. The van der Waals surface area contributed by atoms with Gasteiger partial charge in [0.1, 0.15) is 17.8 Å². The molecular weight excluding hydrogens is 337 g/mol. The van der Waals surface area contributed by atoms with Gasteiger partial charge in [0.05, 0.1) is 5.69 Å². The van der Waals surface area contributed by atoms with Gasteiger partial charge in [-0.2, -0.15) is 9.61 Å². The number of nitrogen functional groups attached to an aromatic ring is 1. The van der Waals surface area contributed by atoms with Crippen LogP contribution in [0.15, 0.2) is 48.9 Å². The Balaban J connectivity index is 1.86. The van der Waals surface area contributed by atoms with E-state index in [1.165, 1.54) is 23.0 Å². The van der Waals surface area contributed by atoms with Gasteiger partial charge in [0.15, 0.2) is 11.5 Å². The van der Waals surface area contributed by atoms with Crippen LogP contribution in [0.2, 0.25) is 0 Å². The zero-order chi connectivity index (χ0) is 17.7. The third-order valence-corrected chi connectivity index (χ3v) is 4.03. The monoisotopic (exact) mass is 347 g/mol. The summed E-state index contributed by atoms with van der Waals surface area (Å²) in [5.41, 5.74) is 9.64. The summed E-state index contributed by atoms with van der Waals surface area (Å²) in [5.74, 6) is -0.157. The predicted octanol–water partition coefficient (Wildman–Crippen LogP) is 1.62. The van der Waals surface area contributed by atoms with E-state index in [1.807, 2.05) is 12.1 Å². The first kappa shape index (κ1) is 14.4. The third kappa shape index (κ3) is 2.09. The number of nitrogens with zero attached hydrogens (tertiary/aromatic N) is 8. The Morgan fingerprint density at radius 2 is 1.81 bits per heavy atom. The molecule has 0 spiro atoms. The van der Waals surface area contributed by atoms with Gasteiger partial charge in [0.2, 0.25) is 5.65 Å². The highest BCUT2D eigenvalue weighted by Crippen LogP contribution is 2.32. The van der Waals surface area contributed by atoms with Gasteiger partial charge in [-0.05, 0) is 46.8 Å². The number of hydrogen-bond acceptors (Lipinski definition) is 7. The quantitative estimate of drug-likeness (QED) is 0.516. The highest BCUT2D eigenvalue weighted by molar-refractivity contribution is 5.82. The van der Waals surface area contributed by atoms with Gasteiger partial charge < -0.3 is 5.73 Å². The third-order valence-electron chi connectivity index (χ3n) is 4.03. The maximum atomic E-state index is 13.3. The number of tetrazole rings is 1. The fourth-order valence-electron chi connectivity index (χ4n) is 2.85. The molecule has 26 heavy (non-hydrogen) atoms. The maximum Gasteiger partial charge on any atom is 0.222 e. The molecule has 5 aromatic rings. The van der Waals surface area contributed by atoms with Crippen LogP contribution in [-0.2, 0) is 0 Å². The van der Waals surface area contributed by atoms with Crippen LogP contribution in [0.5, 0.6) is 0 Å². The van der Waals surface area contributed by atoms with Crippen molar-refractivity contribution in [3.63, 3.8) is 0 Å². The molecule has 0 radical (unpaired) electrons. The molecule has 2 N–H and O–H groups in total. The minimum absolute atomic E-state index is 0.180. The van der Waals surface area contributed by atoms with Crippen LogP contribution in [0.25, 0.3) is 33.8 Å². The molecule has 9 nitrogen and oxygen atoms in total. The lowest BCUT2D eigenvalue weighted by Gasteiger charge is -2.12. The molecule has 5 rings (SSSR count). The maximum absolute atomic E-state index is 13.3. The molecule has 0 amide bonds. The van der Waals surface area contributed by atoms with E-state index >= 15 is 0 Å².